The van der Waals surface area contributed by atoms with Crippen molar-refractivity contribution in [2.45, 2.75) is 0 Å². The van der Waals surface area contributed by atoms with Crippen molar-refractivity contribution in [2.24, 2.45) is 0 Å². The molecule has 0 aliphatic rings. The first-order valence-electron chi connectivity index (χ1n) is 15.9. The van der Waals surface area contributed by atoms with E-state index in [0.29, 0.717) is 17.5 Å². The second kappa shape index (κ2) is 10.7. The highest BCUT2D eigenvalue weighted by Crippen LogP contribution is 2.44. The van der Waals surface area contributed by atoms with Crippen molar-refractivity contribution in [2.75, 3.05) is 0 Å². The van der Waals surface area contributed by atoms with Crippen LogP contribution in [0.25, 0.3) is 98.2 Å². The van der Waals surface area contributed by atoms with Gasteiger partial charge in [-0.25, -0.2) is 15.0 Å². The third kappa shape index (κ3) is 4.33. The minimum atomic E-state index is 0.596. The van der Waals surface area contributed by atoms with Crippen LogP contribution in [0, 0.1) is 0 Å². The van der Waals surface area contributed by atoms with Gasteiger partial charge in [-0.05, 0) is 58.3 Å². The molecule has 0 amide bonds. The van der Waals surface area contributed by atoms with Gasteiger partial charge in [0, 0.05) is 47.6 Å². The molecule has 5 heteroatoms. The Morgan fingerprint density at radius 2 is 1.02 bits per heavy atom. The van der Waals surface area contributed by atoms with Gasteiger partial charge in [0.25, 0.3) is 0 Å². The molecule has 3 heterocycles. The average molecular weight is 632 g/mol. The minimum Gasteiger partial charge on any atom is -0.456 e. The van der Waals surface area contributed by atoms with Crippen molar-refractivity contribution in [3.63, 3.8) is 0 Å². The van der Waals surface area contributed by atoms with Crippen molar-refractivity contribution in [1.82, 2.24) is 15.0 Å². The number of benzene rings is 7. The van der Waals surface area contributed by atoms with Gasteiger partial charge in [0.15, 0.2) is 17.5 Å². The zero-order chi connectivity index (χ0) is 31.6. The van der Waals surface area contributed by atoms with Gasteiger partial charge in [-0.15, -0.1) is 11.3 Å². The molecule has 0 N–H and O–H groups in total. The fraction of sp³-hybridized carbons (Fsp3) is 0. The molecule has 4 nitrogen and oxygen atoms in total. The van der Waals surface area contributed by atoms with E-state index < -0.39 is 0 Å². The second-order valence-electron chi connectivity index (χ2n) is 12.0. The Hall–Kier alpha value is -6.17. The van der Waals surface area contributed by atoms with Crippen LogP contribution in [0.2, 0.25) is 0 Å². The molecular formula is C43H25N3OS. The SMILES string of the molecule is c1ccc(-c2nc(-c3ccccc3)nc(-c3cc(-c4ccc5sc6ccccc6c5c4)c4c(c3)oc3ccc5ccccc5c34)n2)cc1. The Morgan fingerprint density at radius 3 is 1.77 bits per heavy atom. The number of hydrogen-bond donors (Lipinski definition) is 0. The Bertz CT molecular complexity index is 2780. The summed E-state index contributed by atoms with van der Waals surface area (Å²) in [4.78, 5) is 15.1. The van der Waals surface area contributed by atoms with E-state index in [1.807, 2.05) is 72.0 Å². The Balaban J connectivity index is 1.29. The van der Waals surface area contributed by atoms with Gasteiger partial charge < -0.3 is 4.42 Å². The Kier molecular flexibility index (Phi) is 6.01. The number of fused-ring (bicyclic) bond motifs is 8. The van der Waals surface area contributed by atoms with Crippen molar-refractivity contribution < 1.29 is 4.42 Å². The molecule has 0 spiro atoms. The first-order chi connectivity index (χ1) is 23.8. The Labute approximate surface area is 279 Å². The van der Waals surface area contributed by atoms with E-state index in [1.54, 1.807) is 0 Å². The standard InChI is InChI=1S/C43H25N3OS/c1-3-12-27(13-4-1)41-44-42(28-14-5-2-6-15-28)46-43(45-41)30-24-33(29-20-22-38-34(23-29)32-17-9-10-18-37(32)48-38)40-36(25-30)47-35-21-19-26-11-7-8-16-31(26)39(35)40/h1-25H. The molecule has 0 saturated carbocycles. The normalized spacial score (nSPS) is 11.8. The lowest BCUT2D eigenvalue weighted by molar-refractivity contribution is 0.669. The highest BCUT2D eigenvalue weighted by molar-refractivity contribution is 7.25. The molecule has 0 aliphatic carbocycles. The van der Waals surface area contributed by atoms with Gasteiger partial charge in [0.2, 0.25) is 0 Å². The van der Waals surface area contributed by atoms with E-state index >= 15 is 0 Å². The van der Waals surface area contributed by atoms with Crippen molar-refractivity contribution in [3.8, 4) is 45.3 Å². The van der Waals surface area contributed by atoms with Gasteiger partial charge in [-0.1, -0.05) is 115 Å². The predicted octanol–water partition coefficient (Wildman–Crippen LogP) is 12.0. The van der Waals surface area contributed by atoms with Crippen LogP contribution in [0.5, 0.6) is 0 Å². The summed E-state index contributed by atoms with van der Waals surface area (Å²) in [5, 5.41) is 7.08. The molecule has 224 valence electrons. The summed E-state index contributed by atoms with van der Waals surface area (Å²) >= 11 is 1.83. The van der Waals surface area contributed by atoms with E-state index in [2.05, 4.69) is 91.0 Å². The molecule has 48 heavy (non-hydrogen) atoms. The molecule has 0 fully saturated rings. The Morgan fingerprint density at radius 1 is 0.396 bits per heavy atom. The maximum absolute atomic E-state index is 6.69. The number of hydrogen-bond acceptors (Lipinski definition) is 5. The fourth-order valence-electron chi connectivity index (χ4n) is 6.85. The molecule has 3 aromatic heterocycles. The summed E-state index contributed by atoms with van der Waals surface area (Å²) in [7, 11) is 0. The lowest BCUT2D eigenvalue weighted by Gasteiger charge is -2.11. The van der Waals surface area contributed by atoms with Gasteiger partial charge in [0.1, 0.15) is 11.2 Å². The number of aromatic nitrogens is 3. The van der Waals surface area contributed by atoms with E-state index in [1.165, 1.54) is 30.9 Å². The monoisotopic (exact) mass is 631 g/mol. The molecule has 10 aromatic rings. The molecule has 0 radical (unpaired) electrons. The number of thiophene rings is 1. The molecule has 0 aliphatic heterocycles. The highest BCUT2D eigenvalue weighted by Gasteiger charge is 2.20. The summed E-state index contributed by atoms with van der Waals surface area (Å²) in [5.41, 5.74) is 6.59. The third-order valence-corrected chi connectivity index (χ3v) is 10.3. The predicted molar refractivity (Wildman–Crippen MR) is 199 cm³/mol. The summed E-state index contributed by atoms with van der Waals surface area (Å²) in [5.74, 6) is 1.85. The minimum absolute atomic E-state index is 0.596. The smallest absolute Gasteiger partial charge is 0.164 e. The van der Waals surface area contributed by atoms with E-state index in [4.69, 9.17) is 19.4 Å². The molecule has 0 saturated heterocycles. The fourth-order valence-corrected chi connectivity index (χ4v) is 7.94. The van der Waals surface area contributed by atoms with Gasteiger partial charge >= 0.3 is 0 Å². The lowest BCUT2D eigenvalue weighted by atomic mass is 9.94. The first-order valence-corrected chi connectivity index (χ1v) is 16.8. The largest absolute Gasteiger partial charge is 0.456 e. The average Bonchev–Trinajstić information content (AvgIpc) is 3.73. The summed E-state index contributed by atoms with van der Waals surface area (Å²) < 4.78 is 9.25. The van der Waals surface area contributed by atoms with Gasteiger partial charge in [0.05, 0.1) is 0 Å². The number of furan rings is 1. The zero-order valence-electron chi connectivity index (χ0n) is 25.6. The van der Waals surface area contributed by atoms with Crippen LogP contribution in [0.1, 0.15) is 0 Å². The quantitative estimate of drug-likeness (QED) is 0.194. The summed E-state index contributed by atoms with van der Waals surface area (Å²) in [6, 6.07) is 52.7. The maximum Gasteiger partial charge on any atom is 0.164 e. The van der Waals surface area contributed by atoms with Crippen LogP contribution in [-0.2, 0) is 0 Å². The topological polar surface area (TPSA) is 51.8 Å². The summed E-state index contributed by atoms with van der Waals surface area (Å²) in [6.45, 7) is 0. The third-order valence-electron chi connectivity index (χ3n) is 9.11. The van der Waals surface area contributed by atoms with Crippen molar-refractivity contribution >= 4 is 64.2 Å². The molecule has 10 rings (SSSR count). The van der Waals surface area contributed by atoms with Crippen LogP contribution >= 0.6 is 11.3 Å². The molecular weight excluding hydrogens is 607 g/mol. The van der Waals surface area contributed by atoms with Crippen LogP contribution in [0.4, 0.5) is 0 Å². The van der Waals surface area contributed by atoms with Gasteiger partial charge in [-0.2, -0.15) is 0 Å². The van der Waals surface area contributed by atoms with Crippen LogP contribution in [0.3, 0.4) is 0 Å². The van der Waals surface area contributed by atoms with Gasteiger partial charge in [-0.3, -0.25) is 0 Å². The maximum atomic E-state index is 6.69. The van der Waals surface area contributed by atoms with E-state index in [-0.39, 0.29) is 0 Å². The molecule has 7 aromatic carbocycles. The van der Waals surface area contributed by atoms with E-state index in [9.17, 15) is 0 Å². The van der Waals surface area contributed by atoms with Crippen LogP contribution in [0.15, 0.2) is 156 Å². The number of rotatable bonds is 4. The second-order valence-corrected chi connectivity index (χ2v) is 13.1. The zero-order valence-corrected chi connectivity index (χ0v) is 26.4. The van der Waals surface area contributed by atoms with E-state index in [0.717, 1.165) is 49.8 Å². The number of nitrogens with zero attached hydrogens (tertiary/aromatic N) is 3. The summed E-state index contributed by atoms with van der Waals surface area (Å²) in [6.07, 6.45) is 0. The van der Waals surface area contributed by atoms with Crippen LogP contribution in [-0.4, -0.2) is 15.0 Å². The molecule has 0 atom stereocenters. The van der Waals surface area contributed by atoms with Crippen molar-refractivity contribution in [1.29, 1.82) is 0 Å². The first kappa shape index (κ1) is 27.0. The molecule has 0 unspecified atom stereocenters. The molecule has 0 bridgehead atoms. The van der Waals surface area contributed by atoms with Crippen LogP contribution < -0.4 is 0 Å². The highest BCUT2D eigenvalue weighted by atomic mass is 32.1. The lowest BCUT2D eigenvalue weighted by Crippen LogP contribution is -2.00. The van der Waals surface area contributed by atoms with Crippen molar-refractivity contribution in [3.05, 3.63) is 152 Å².